The molecule has 0 unspecified atom stereocenters. The number of nitrogens with zero attached hydrogens (tertiary/aromatic N) is 4. The fourth-order valence-electron chi connectivity index (χ4n) is 3.70. The van der Waals surface area contributed by atoms with Crippen LogP contribution in [0.4, 0.5) is 11.5 Å². The predicted octanol–water partition coefficient (Wildman–Crippen LogP) is 3.64. The number of hydrogen-bond acceptors (Lipinski definition) is 7. The smallest absolute Gasteiger partial charge is 0.224 e. The molecule has 0 aliphatic carbocycles. The lowest BCUT2D eigenvalue weighted by atomic mass is 10.1. The summed E-state index contributed by atoms with van der Waals surface area (Å²) in [7, 11) is 4.92. The highest BCUT2D eigenvalue weighted by Gasteiger charge is 2.23. The number of hydrogen-bond donors (Lipinski definition) is 0. The van der Waals surface area contributed by atoms with Crippen LogP contribution in [-0.2, 0) is 0 Å². The van der Waals surface area contributed by atoms with Crippen molar-refractivity contribution in [3.63, 3.8) is 0 Å². The minimum Gasteiger partial charge on any atom is -0.495 e. The van der Waals surface area contributed by atoms with Crippen LogP contribution >= 0.6 is 11.6 Å². The first-order valence-corrected chi connectivity index (χ1v) is 9.74. The van der Waals surface area contributed by atoms with E-state index in [9.17, 15) is 0 Å². The molecule has 0 N–H and O–H groups in total. The highest BCUT2D eigenvalue weighted by molar-refractivity contribution is 6.28. The Balaban J connectivity index is 1.64. The van der Waals surface area contributed by atoms with E-state index in [2.05, 4.69) is 25.8 Å². The predicted molar refractivity (Wildman–Crippen MR) is 115 cm³/mol. The molecule has 1 fully saturated rings. The average Bonchev–Trinajstić information content (AvgIpc) is 2.77. The Morgan fingerprint density at radius 3 is 2.10 bits per heavy atom. The van der Waals surface area contributed by atoms with Crippen molar-refractivity contribution in [2.24, 2.45) is 0 Å². The molecular formula is C21H23ClN4O3. The van der Waals surface area contributed by atoms with Crippen LogP contribution in [0.5, 0.6) is 17.2 Å². The van der Waals surface area contributed by atoms with E-state index in [1.54, 1.807) is 21.3 Å². The Morgan fingerprint density at radius 1 is 0.793 bits per heavy atom. The van der Waals surface area contributed by atoms with Gasteiger partial charge in [-0.1, -0.05) is 12.1 Å². The third-order valence-electron chi connectivity index (χ3n) is 5.16. The summed E-state index contributed by atoms with van der Waals surface area (Å²) in [6, 6.07) is 11.8. The lowest BCUT2D eigenvalue weighted by Crippen LogP contribution is -2.47. The lowest BCUT2D eigenvalue weighted by Gasteiger charge is -2.37. The monoisotopic (exact) mass is 414 g/mol. The first-order chi connectivity index (χ1) is 14.1. The quantitative estimate of drug-likeness (QED) is 0.591. The molecule has 0 amide bonds. The average molecular weight is 415 g/mol. The molecule has 0 atom stereocenters. The van der Waals surface area contributed by atoms with Gasteiger partial charge in [0.15, 0.2) is 11.5 Å². The van der Waals surface area contributed by atoms with Crippen LogP contribution in [0.1, 0.15) is 0 Å². The molecule has 3 aromatic rings. The van der Waals surface area contributed by atoms with E-state index in [-0.39, 0.29) is 5.28 Å². The summed E-state index contributed by atoms with van der Waals surface area (Å²) < 4.78 is 16.4. The molecule has 1 aliphatic heterocycles. The van der Waals surface area contributed by atoms with Crippen LogP contribution in [0.25, 0.3) is 10.9 Å². The van der Waals surface area contributed by atoms with Crippen molar-refractivity contribution >= 4 is 34.0 Å². The number of benzene rings is 2. The number of ether oxygens (including phenoxy) is 3. The zero-order valence-electron chi connectivity index (χ0n) is 16.7. The Bertz CT molecular complexity index is 1020. The Hall–Kier alpha value is -2.93. The van der Waals surface area contributed by atoms with Crippen molar-refractivity contribution in [3.05, 3.63) is 41.7 Å². The van der Waals surface area contributed by atoms with Gasteiger partial charge in [0.05, 0.1) is 32.5 Å². The third-order valence-corrected chi connectivity index (χ3v) is 5.33. The van der Waals surface area contributed by atoms with E-state index in [0.717, 1.165) is 54.3 Å². The molecule has 0 radical (unpaired) electrons. The number of anilines is 2. The topological polar surface area (TPSA) is 60.0 Å². The van der Waals surface area contributed by atoms with Crippen molar-refractivity contribution in [1.29, 1.82) is 0 Å². The van der Waals surface area contributed by atoms with Crippen molar-refractivity contribution in [3.8, 4) is 17.2 Å². The van der Waals surface area contributed by atoms with Gasteiger partial charge in [-0.3, -0.25) is 0 Å². The lowest BCUT2D eigenvalue weighted by molar-refractivity contribution is 0.356. The number of methoxy groups -OCH3 is 3. The summed E-state index contributed by atoms with van der Waals surface area (Å²) >= 11 is 6.23. The standard InChI is InChI=1S/C21H23ClN4O3/c1-27-17-7-5-4-6-16(17)25-8-10-26(11-9-25)20-14-12-18(28-2)19(29-3)13-15(14)23-21(22)24-20/h4-7,12-13H,8-11H2,1-3H3. The molecule has 2 aromatic carbocycles. The molecule has 0 bridgehead atoms. The number of para-hydroxylation sites is 2. The van der Waals surface area contributed by atoms with Gasteiger partial charge < -0.3 is 24.0 Å². The van der Waals surface area contributed by atoms with E-state index in [1.165, 1.54) is 0 Å². The van der Waals surface area contributed by atoms with Crippen molar-refractivity contribution < 1.29 is 14.2 Å². The summed E-state index contributed by atoms with van der Waals surface area (Å²) in [6.45, 7) is 3.29. The van der Waals surface area contributed by atoms with Gasteiger partial charge in [0.2, 0.25) is 5.28 Å². The molecule has 1 saturated heterocycles. The number of aromatic nitrogens is 2. The van der Waals surface area contributed by atoms with Gasteiger partial charge in [-0.25, -0.2) is 4.98 Å². The third kappa shape index (κ3) is 3.70. The van der Waals surface area contributed by atoms with Crippen LogP contribution in [0.2, 0.25) is 5.28 Å². The molecular weight excluding hydrogens is 392 g/mol. The largest absolute Gasteiger partial charge is 0.495 e. The Morgan fingerprint density at radius 2 is 1.41 bits per heavy atom. The van der Waals surface area contributed by atoms with Crippen LogP contribution in [0, 0.1) is 0 Å². The van der Waals surface area contributed by atoms with Crippen LogP contribution in [-0.4, -0.2) is 57.5 Å². The number of fused-ring (bicyclic) bond motifs is 1. The summed E-state index contributed by atoms with van der Waals surface area (Å²) in [5, 5.41) is 1.10. The minimum atomic E-state index is 0.215. The van der Waals surface area contributed by atoms with Gasteiger partial charge in [0.25, 0.3) is 0 Å². The Kier molecular flexibility index (Phi) is 5.49. The molecule has 152 valence electrons. The van der Waals surface area contributed by atoms with E-state index < -0.39 is 0 Å². The zero-order chi connectivity index (χ0) is 20.4. The molecule has 1 aromatic heterocycles. The van der Waals surface area contributed by atoms with Crippen LogP contribution < -0.4 is 24.0 Å². The van der Waals surface area contributed by atoms with E-state index in [0.29, 0.717) is 11.5 Å². The molecule has 0 saturated carbocycles. The second-order valence-electron chi connectivity index (χ2n) is 6.69. The van der Waals surface area contributed by atoms with Gasteiger partial charge in [-0.2, -0.15) is 4.98 Å². The fourth-order valence-corrected chi connectivity index (χ4v) is 3.87. The molecule has 2 heterocycles. The Labute approximate surface area is 174 Å². The van der Waals surface area contributed by atoms with Gasteiger partial charge >= 0.3 is 0 Å². The highest BCUT2D eigenvalue weighted by atomic mass is 35.5. The molecule has 1 aliphatic rings. The summed E-state index contributed by atoms with van der Waals surface area (Å²) in [6.07, 6.45) is 0. The maximum atomic E-state index is 6.23. The van der Waals surface area contributed by atoms with E-state index in [4.69, 9.17) is 25.8 Å². The molecule has 0 spiro atoms. The second kappa shape index (κ2) is 8.21. The molecule has 29 heavy (non-hydrogen) atoms. The second-order valence-corrected chi connectivity index (χ2v) is 7.02. The van der Waals surface area contributed by atoms with E-state index >= 15 is 0 Å². The maximum absolute atomic E-state index is 6.23. The normalized spacial score (nSPS) is 14.2. The first kappa shape index (κ1) is 19.4. The van der Waals surface area contributed by atoms with Crippen LogP contribution in [0.15, 0.2) is 36.4 Å². The summed E-state index contributed by atoms with van der Waals surface area (Å²) in [5.74, 6) is 2.94. The first-order valence-electron chi connectivity index (χ1n) is 9.36. The SMILES string of the molecule is COc1cc2nc(Cl)nc(N3CCN(c4ccccc4OC)CC3)c2cc1OC. The maximum Gasteiger partial charge on any atom is 0.224 e. The van der Waals surface area contributed by atoms with E-state index in [1.807, 2.05) is 30.3 Å². The minimum absolute atomic E-state index is 0.215. The number of rotatable bonds is 5. The van der Waals surface area contributed by atoms with Crippen molar-refractivity contribution in [2.75, 3.05) is 57.3 Å². The molecule has 8 heteroatoms. The van der Waals surface area contributed by atoms with Crippen LogP contribution in [0.3, 0.4) is 0 Å². The molecule has 7 nitrogen and oxygen atoms in total. The van der Waals surface area contributed by atoms with Gasteiger partial charge in [0, 0.05) is 37.6 Å². The van der Waals surface area contributed by atoms with Gasteiger partial charge in [-0.05, 0) is 29.8 Å². The van der Waals surface area contributed by atoms with Crippen molar-refractivity contribution in [1.82, 2.24) is 9.97 Å². The van der Waals surface area contributed by atoms with Gasteiger partial charge in [0.1, 0.15) is 11.6 Å². The van der Waals surface area contributed by atoms with Gasteiger partial charge in [-0.15, -0.1) is 0 Å². The highest BCUT2D eigenvalue weighted by Crippen LogP contribution is 2.36. The number of piperazine rings is 1. The number of halogens is 1. The summed E-state index contributed by atoms with van der Waals surface area (Å²) in [5.41, 5.74) is 1.83. The summed E-state index contributed by atoms with van der Waals surface area (Å²) in [4.78, 5) is 13.4. The zero-order valence-corrected chi connectivity index (χ0v) is 17.4. The van der Waals surface area contributed by atoms with Crippen molar-refractivity contribution in [2.45, 2.75) is 0 Å². The molecule has 4 rings (SSSR count). The fraction of sp³-hybridized carbons (Fsp3) is 0.333.